The molecule has 2 rings (SSSR count). The standard InChI is InChI=1S/C11H8ClFN2O2S/c1-5-4-18-9(10(16)17-2)7(5)8-6(13)3-14-11(12)15-8/h3-4H,1-2H3. The van der Waals surface area contributed by atoms with Crippen LogP contribution in [0.1, 0.15) is 15.2 Å². The van der Waals surface area contributed by atoms with Gasteiger partial charge < -0.3 is 4.74 Å². The number of esters is 1. The topological polar surface area (TPSA) is 52.1 Å². The number of methoxy groups -OCH3 is 1. The molecule has 0 radical (unpaired) electrons. The molecule has 0 unspecified atom stereocenters. The number of carbonyl (C=O) groups excluding carboxylic acids is 1. The zero-order chi connectivity index (χ0) is 13.3. The van der Waals surface area contributed by atoms with E-state index in [1.165, 1.54) is 18.4 Å². The normalized spacial score (nSPS) is 10.4. The van der Waals surface area contributed by atoms with E-state index in [-0.39, 0.29) is 11.0 Å². The zero-order valence-corrected chi connectivity index (χ0v) is 11.1. The number of hydrogen-bond donors (Lipinski definition) is 0. The highest BCUT2D eigenvalue weighted by Gasteiger charge is 2.22. The number of aryl methyl sites for hydroxylation is 1. The number of rotatable bonds is 2. The maximum absolute atomic E-state index is 13.7. The van der Waals surface area contributed by atoms with Crippen molar-refractivity contribution in [2.24, 2.45) is 0 Å². The molecule has 0 aromatic carbocycles. The van der Waals surface area contributed by atoms with Crippen LogP contribution in [0.2, 0.25) is 5.28 Å². The molecule has 94 valence electrons. The number of halogens is 2. The summed E-state index contributed by atoms with van der Waals surface area (Å²) in [6.07, 6.45) is 0.975. The third kappa shape index (κ3) is 2.21. The summed E-state index contributed by atoms with van der Waals surface area (Å²) in [6.45, 7) is 1.76. The lowest BCUT2D eigenvalue weighted by atomic mass is 10.1. The van der Waals surface area contributed by atoms with Gasteiger partial charge in [-0.05, 0) is 29.5 Å². The van der Waals surface area contributed by atoms with Crippen molar-refractivity contribution in [1.29, 1.82) is 0 Å². The van der Waals surface area contributed by atoms with Crippen molar-refractivity contribution in [3.8, 4) is 11.3 Å². The number of nitrogens with zero attached hydrogens (tertiary/aromatic N) is 2. The van der Waals surface area contributed by atoms with Crippen LogP contribution in [0.15, 0.2) is 11.6 Å². The van der Waals surface area contributed by atoms with Gasteiger partial charge in [0.15, 0.2) is 5.82 Å². The van der Waals surface area contributed by atoms with Gasteiger partial charge in [0.2, 0.25) is 5.28 Å². The molecule has 2 heterocycles. The smallest absolute Gasteiger partial charge is 0.348 e. The fourth-order valence-electron chi connectivity index (χ4n) is 1.50. The van der Waals surface area contributed by atoms with E-state index in [0.717, 1.165) is 11.8 Å². The van der Waals surface area contributed by atoms with Crippen molar-refractivity contribution in [3.05, 3.63) is 33.1 Å². The molecule has 4 nitrogen and oxygen atoms in total. The number of aromatic nitrogens is 2. The summed E-state index contributed by atoms with van der Waals surface area (Å²) in [5.74, 6) is -1.16. The number of thiophene rings is 1. The lowest BCUT2D eigenvalue weighted by Crippen LogP contribution is -2.02. The molecule has 0 aliphatic rings. The van der Waals surface area contributed by atoms with E-state index in [2.05, 4.69) is 14.7 Å². The van der Waals surface area contributed by atoms with Crippen LogP contribution in [0.3, 0.4) is 0 Å². The van der Waals surface area contributed by atoms with Gasteiger partial charge in [-0.15, -0.1) is 11.3 Å². The molecule has 0 N–H and O–H groups in total. The Kier molecular flexibility index (Phi) is 3.58. The van der Waals surface area contributed by atoms with Gasteiger partial charge in [0.1, 0.15) is 10.6 Å². The maximum Gasteiger partial charge on any atom is 0.348 e. The molecule has 0 saturated heterocycles. The Hall–Kier alpha value is -1.53. The molecule has 0 fully saturated rings. The maximum atomic E-state index is 13.7. The fourth-order valence-corrected chi connectivity index (χ4v) is 2.60. The molecule has 7 heteroatoms. The van der Waals surface area contributed by atoms with Crippen LogP contribution in [0.4, 0.5) is 4.39 Å². The van der Waals surface area contributed by atoms with Crippen molar-refractivity contribution >= 4 is 28.9 Å². The largest absolute Gasteiger partial charge is 0.465 e. The molecular formula is C11H8ClFN2O2S. The third-order valence-electron chi connectivity index (χ3n) is 2.30. The van der Waals surface area contributed by atoms with Gasteiger partial charge in [-0.3, -0.25) is 0 Å². The summed E-state index contributed by atoms with van der Waals surface area (Å²) in [5, 5.41) is 1.66. The minimum absolute atomic E-state index is 0.00847. The van der Waals surface area contributed by atoms with Gasteiger partial charge in [0.25, 0.3) is 0 Å². The molecule has 2 aromatic rings. The molecule has 0 spiro atoms. The van der Waals surface area contributed by atoms with Gasteiger partial charge >= 0.3 is 5.97 Å². The lowest BCUT2D eigenvalue weighted by Gasteiger charge is -2.05. The Morgan fingerprint density at radius 2 is 2.28 bits per heavy atom. The summed E-state index contributed by atoms with van der Waals surface area (Å²) in [6, 6.07) is 0. The summed E-state index contributed by atoms with van der Waals surface area (Å²) in [7, 11) is 1.27. The Morgan fingerprint density at radius 1 is 1.56 bits per heavy atom. The number of hydrogen-bond acceptors (Lipinski definition) is 5. The van der Waals surface area contributed by atoms with Gasteiger partial charge in [0.05, 0.1) is 13.3 Å². The van der Waals surface area contributed by atoms with Crippen LogP contribution in [0, 0.1) is 12.7 Å². The van der Waals surface area contributed by atoms with Crippen LogP contribution < -0.4 is 0 Å². The summed E-state index contributed by atoms with van der Waals surface area (Å²) >= 11 is 6.82. The molecule has 2 aromatic heterocycles. The fraction of sp³-hybridized carbons (Fsp3) is 0.182. The molecular weight excluding hydrogens is 279 g/mol. The van der Waals surface area contributed by atoms with E-state index in [4.69, 9.17) is 11.6 Å². The number of ether oxygens (including phenoxy) is 1. The predicted octanol–water partition coefficient (Wildman–Crippen LogP) is 3.09. The molecule has 0 aliphatic heterocycles. The van der Waals surface area contributed by atoms with E-state index < -0.39 is 11.8 Å². The number of carbonyl (C=O) groups is 1. The summed E-state index contributed by atoms with van der Waals surface area (Å²) < 4.78 is 18.4. The Bertz CT molecular complexity index is 615. The molecule has 18 heavy (non-hydrogen) atoms. The van der Waals surface area contributed by atoms with Crippen molar-refractivity contribution in [2.45, 2.75) is 6.92 Å². The van der Waals surface area contributed by atoms with Gasteiger partial charge in [-0.1, -0.05) is 0 Å². The van der Waals surface area contributed by atoms with Crippen molar-refractivity contribution in [2.75, 3.05) is 7.11 Å². The first-order valence-corrected chi connectivity index (χ1v) is 6.15. The highest BCUT2D eigenvalue weighted by Crippen LogP contribution is 2.33. The lowest BCUT2D eigenvalue weighted by molar-refractivity contribution is 0.0607. The Morgan fingerprint density at radius 3 is 2.94 bits per heavy atom. The second-order valence-electron chi connectivity index (χ2n) is 3.45. The highest BCUT2D eigenvalue weighted by atomic mass is 35.5. The molecule has 0 atom stereocenters. The van der Waals surface area contributed by atoms with E-state index in [9.17, 15) is 9.18 Å². The highest BCUT2D eigenvalue weighted by molar-refractivity contribution is 7.12. The molecule has 0 saturated carbocycles. The molecule has 0 bridgehead atoms. The second-order valence-corrected chi connectivity index (χ2v) is 4.67. The first kappa shape index (κ1) is 12.9. The van der Waals surface area contributed by atoms with Crippen LogP contribution in [0.25, 0.3) is 11.3 Å². The van der Waals surface area contributed by atoms with E-state index in [1.807, 2.05) is 0 Å². The quantitative estimate of drug-likeness (QED) is 0.629. The molecule has 0 amide bonds. The minimum atomic E-state index is -0.633. The Balaban J connectivity index is 2.66. The zero-order valence-electron chi connectivity index (χ0n) is 9.53. The second kappa shape index (κ2) is 4.99. The van der Waals surface area contributed by atoms with E-state index in [0.29, 0.717) is 10.4 Å². The van der Waals surface area contributed by atoms with Crippen molar-refractivity contribution in [1.82, 2.24) is 9.97 Å². The van der Waals surface area contributed by atoms with Gasteiger partial charge in [-0.25, -0.2) is 19.2 Å². The monoisotopic (exact) mass is 286 g/mol. The van der Waals surface area contributed by atoms with E-state index >= 15 is 0 Å². The van der Waals surface area contributed by atoms with Gasteiger partial charge in [0, 0.05) is 5.56 Å². The van der Waals surface area contributed by atoms with Crippen LogP contribution >= 0.6 is 22.9 Å². The third-order valence-corrected chi connectivity index (χ3v) is 3.56. The average Bonchev–Trinajstić information content (AvgIpc) is 2.73. The average molecular weight is 287 g/mol. The SMILES string of the molecule is COC(=O)c1scc(C)c1-c1nc(Cl)ncc1F. The minimum Gasteiger partial charge on any atom is -0.465 e. The van der Waals surface area contributed by atoms with Gasteiger partial charge in [-0.2, -0.15) is 0 Å². The summed E-state index contributed by atoms with van der Waals surface area (Å²) in [4.78, 5) is 19.3. The first-order valence-electron chi connectivity index (χ1n) is 4.89. The van der Waals surface area contributed by atoms with Crippen LogP contribution in [-0.2, 0) is 4.74 Å². The van der Waals surface area contributed by atoms with Crippen molar-refractivity contribution < 1.29 is 13.9 Å². The van der Waals surface area contributed by atoms with Crippen molar-refractivity contribution in [3.63, 3.8) is 0 Å². The summed E-state index contributed by atoms with van der Waals surface area (Å²) in [5.41, 5.74) is 1.14. The Labute approximate surface area is 111 Å². The van der Waals surface area contributed by atoms with Crippen LogP contribution in [-0.4, -0.2) is 23.0 Å². The van der Waals surface area contributed by atoms with E-state index in [1.54, 1.807) is 12.3 Å². The molecule has 0 aliphatic carbocycles. The predicted molar refractivity (Wildman–Crippen MR) is 66.4 cm³/mol. The van der Waals surface area contributed by atoms with Crippen LogP contribution in [0.5, 0.6) is 0 Å². The first-order chi connectivity index (χ1) is 8.54.